The van der Waals surface area contributed by atoms with Gasteiger partial charge in [-0.1, -0.05) is 51.1 Å². The van der Waals surface area contributed by atoms with E-state index in [0.717, 1.165) is 6.54 Å². The van der Waals surface area contributed by atoms with Crippen LogP contribution in [0.1, 0.15) is 39.3 Å². The Kier molecular flexibility index (Phi) is 6.76. The zero-order valence-corrected chi connectivity index (χ0v) is 12.6. The SMILES string of the molecule is CCNC(c1ccccc1)C(C)SC(C)C(C)O. The van der Waals surface area contributed by atoms with Gasteiger partial charge in [0, 0.05) is 16.5 Å². The van der Waals surface area contributed by atoms with Gasteiger partial charge < -0.3 is 10.4 Å². The van der Waals surface area contributed by atoms with Crippen molar-refractivity contribution in [3.05, 3.63) is 35.9 Å². The van der Waals surface area contributed by atoms with Gasteiger partial charge in [0.25, 0.3) is 0 Å². The summed E-state index contributed by atoms with van der Waals surface area (Å²) in [4.78, 5) is 0. The average molecular weight is 267 g/mol. The van der Waals surface area contributed by atoms with E-state index in [-0.39, 0.29) is 11.4 Å². The summed E-state index contributed by atoms with van der Waals surface area (Å²) in [6.07, 6.45) is -0.268. The fraction of sp³-hybridized carbons (Fsp3) is 0.600. The van der Waals surface area contributed by atoms with Crippen LogP contribution in [-0.4, -0.2) is 28.3 Å². The highest BCUT2D eigenvalue weighted by molar-refractivity contribution is 8.00. The van der Waals surface area contributed by atoms with Crippen molar-refractivity contribution in [1.82, 2.24) is 5.32 Å². The Labute approximate surface area is 115 Å². The Morgan fingerprint density at radius 3 is 2.22 bits per heavy atom. The Hall–Kier alpha value is -0.510. The molecule has 0 spiro atoms. The van der Waals surface area contributed by atoms with Crippen molar-refractivity contribution in [2.24, 2.45) is 0 Å². The van der Waals surface area contributed by atoms with Gasteiger partial charge in [-0.2, -0.15) is 11.8 Å². The van der Waals surface area contributed by atoms with Crippen LogP contribution in [0, 0.1) is 0 Å². The molecule has 102 valence electrons. The fourth-order valence-corrected chi connectivity index (χ4v) is 3.28. The molecule has 1 rings (SSSR count). The van der Waals surface area contributed by atoms with E-state index in [1.807, 2.05) is 24.8 Å². The summed E-state index contributed by atoms with van der Waals surface area (Å²) >= 11 is 1.84. The molecule has 0 bridgehead atoms. The lowest BCUT2D eigenvalue weighted by Gasteiger charge is -2.28. The molecule has 1 aromatic carbocycles. The van der Waals surface area contributed by atoms with E-state index in [9.17, 15) is 5.11 Å². The van der Waals surface area contributed by atoms with Crippen LogP contribution in [0.5, 0.6) is 0 Å². The van der Waals surface area contributed by atoms with Crippen LogP contribution in [0.15, 0.2) is 30.3 Å². The summed E-state index contributed by atoms with van der Waals surface area (Å²) in [5.41, 5.74) is 1.32. The molecule has 0 saturated heterocycles. The first-order valence-corrected chi connectivity index (χ1v) is 7.62. The second kappa shape index (κ2) is 7.82. The van der Waals surface area contributed by atoms with Gasteiger partial charge in [0.15, 0.2) is 0 Å². The monoisotopic (exact) mass is 267 g/mol. The van der Waals surface area contributed by atoms with Gasteiger partial charge in [-0.25, -0.2) is 0 Å². The topological polar surface area (TPSA) is 32.3 Å². The molecule has 0 saturated carbocycles. The molecule has 0 amide bonds. The third-order valence-electron chi connectivity index (χ3n) is 3.16. The lowest BCUT2D eigenvalue weighted by molar-refractivity contribution is 0.196. The van der Waals surface area contributed by atoms with E-state index in [1.165, 1.54) is 5.56 Å². The zero-order chi connectivity index (χ0) is 13.5. The molecule has 0 heterocycles. The molecule has 18 heavy (non-hydrogen) atoms. The maximum atomic E-state index is 9.61. The molecule has 0 radical (unpaired) electrons. The molecule has 0 fully saturated rings. The number of benzene rings is 1. The van der Waals surface area contributed by atoms with Gasteiger partial charge in [-0.15, -0.1) is 0 Å². The lowest BCUT2D eigenvalue weighted by atomic mass is 10.0. The number of aliphatic hydroxyl groups is 1. The summed E-state index contributed by atoms with van der Waals surface area (Å²) in [6, 6.07) is 10.9. The number of hydrogen-bond donors (Lipinski definition) is 2. The quantitative estimate of drug-likeness (QED) is 0.795. The minimum atomic E-state index is -0.268. The van der Waals surface area contributed by atoms with Crippen molar-refractivity contribution in [3.8, 4) is 0 Å². The van der Waals surface area contributed by atoms with Crippen molar-refractivity contribution >= 4 is 11.8 Å². The molecule has 4 atom stereocenters. The van der Waals surface area contributed by atoms with E-state index in [4.69, 9.17) is 0 Å². The fourth-order valence-electron chi connectivity index (χ4n) is 1.97. The maximum Gasteiger partial charge on any atom is 0.0628 e. The van der Waals surface area contributed by atoms with Crippen LogP contribution in [0.3, 0.4) is 0 Å². The van der Waals surface area contributed by atoms with Gasteiger partial charge >= 0.3 is 0 Å². The third kappa shape index (κ3) is 4.63. The highest BCUT2D eigenvalue weighted by Crippen LogP contribution is 2.30. The smallest absolute Gasteiger partial charge is 0.0628 e. The normalized spacial score (nSPS) is 18.1. The van der Waals surface area contributed by atoms with E-state index < -0.39 is 0 Å². The summed E-state index contributed by atoms with van der Waals surface area (Å²) in [5, 5.41) is 13.8. The van der Waals surface area contributed by atoms with Gasteiger partial charge in [0.05, 0.1) is 6.10 Å². The van der Waals surface area contributed by atoms with E-state index in [2.05, 4.69) is 50.4 Å². The van der Waals surface area contributed by atoms with Gasteiger partial charge in [-0.3, -0.25) is 0 Å². The van der Waals surface area contributed by atoms with Gasteiger partial charge in [0.1, 0.15) is 0 Å². The molecule has 1 aromatic rings. The zero-order valence-electron chi connectivity index (χ0n) is 11.8. The molecule has 3 heteroatoms. The standard InChI is InChI=1S/C15H25NOS/c1-5-16-15(14-9-7-6-8-10-14)13(4)18-12(3)11(2)17/h6-13,15-17H,5H2,1-4H3. The molecule has 2 N–H and O–H groups in total. The predicted octanol–water partition coefficient (Wildman–Crippen LogP) is 3.23. The van der Waals surface area contributed by atoms with Crippen molar-refractivity contribution in [3.63, 3.8) is 0 Å². The van der Waals surface area contributed by atoms with Gasteiger partial charge in [-0.05, 0) is 19.0 Å². The Morgan fingerprint density at radius 1 is 1.11 bits per heavy atom. The van der Waals surface area contributed by atoms with Crippen molar-refractivity contribution in [2.45, 2.75) is 50.3 Å². The summed E-state index contributed by atoms with van der Waals surface area (Å²) in [7, 11) is 0. The van der Waals surface area contributed by atoms with E-state index in [1.54, 1.807) is 0 Å². The summed E-state index contributed by atoms with van der Waals surface area (Å²) in [5.74, 6) is 0. The van der Waals surface area contributed by atoms with Crippen LogP contribution in [0.2, 0.25) is 0 Å². The predicted molar refractivity (Wildman–Crippen MR) is 81.1 cm³/mol. The largest absolute Gasteiger partial charge is 0.392 e. The third-order valence-corrected chi connectivity index (χ3v) is 4.69. The van der Waals surface area contributed by atoms with Crippen LogP contribution in [0.4, 0.5) is 0 Å². The average Bonchev–Trinajstić information content (AvgIpc) is 2.36. The first kappa shape index (κ1) is 15.5. The van der Waals surface area contributed by atoms with Crippen molar-refractivity contribution in [2.75, 3.05) is 6.54 Å². The van der Waals surface area contributed by atoms with Crippen molar-refractivity contribution in [1.29, 1.82) is 0 Å². The highest BCUT2D eigenvalue weighted by Gasteiger charge is 2.22. The van der Waals surface area contributed by atoms with Crippen LogP contribution >= 0.6 is 11.8 Å². The Balaban J connectivity index is 2.73. The minimum Gasteiger partial charge on any atom is -0.392 e. The number of hydrogen-bond acceptors (Lipinski definition) is 3. The molecule has 2 nitrogen and oxygen atoms in total. The van der Waals surface area contributed by atoms with Crippen LogP contribution in [0.25, 0.3) is 0 Å². The summed E-state index contributed by atoms with van der Waals surface area (Å²) < 4.78 is 0. The highest BCUT2D eigenvalue weighted by atomic mass is 32.2. The summed E-state index contributed by atoms with van der Waals surface area (Å²) in [6.45, 7) is 9.25. The first-order chi connectivity index (χ1) is 8.56. The number of rotatable bonds is 7. The molecule has 0 aliphatic heterocycles. The first-order valence-electron chi connectivity index (χ1n) is 6.68. The van der Waals surface area contributed by atoms with E-state index >= 15 is 0 Å². The molecule has 0 aliphatic carbocycles. The second-order valence-corrected chi connectivity index (χ2v) is 6.49. The van der Waals surface area contributed by atoms with Crippen LogP contribution < -0.4 is 5.32 Å². The maximum absolute atomic E-state index is 9.61. The lowest BCUT2D eigenvalue weighted by Crippen LogP contribution is -2.31. The molecule has 0 aromatic heterocycles. The minimum absolute atomic E-state index is 0.255. The second-order valence-electron chi connectivity index (χ2n) is 4.73. The molecule has 4 unspecified atom stereocenters. The van der Waals surface area contributed by atoms with Gasteiger partial charge in [0.2, 0.25) is 0 Å². The Morgan fingerprint density at radius 2 is 1.72 bits per heavy atom. The Bertz CT molecular complexity index is 329. The van der Waals surface area contributed by atoms with Crippen molar-refractivity contribution < 1.29 is 5.11 Å². The van der Waals surface area contributed by atoms with E-state index in [0.29, 0.717) is 11.3 Å². The number of nitrogens with one attached hydrogen (secondary N) is 1. The molecular weight excluding hydrogens is 242 g/mol. The molecular formula is C15H25NOS. The number of thioether (sulfide) groups is 1. The van der Waals surface area contributed by atoms with Crippen LogP contribution in [-0.2, 0) is 0 Å². The number of aliphatic hydroxyl groups excluding tert-OH is 1. The molecule has 0 aliphatic rings.